The first-order chi connectivity index (χ1) is 9.63. The van der Waals surface area contributed by atoms with Gasteiger partial charge in [-0.25, -0.2) is 4.79 Å². The number of nitrogens with one attached hydrogen (secondary N) is 3. The molecule has 2 aromatic rings. The highest BCUT2D eigenvalue weighted by Gasteiger charge is 2.23. The third kappa shape index (κ3) is 2.50. The summed E-state index contributed by atoms with van der Waals surface area (Å²) in [5.74, 6) is 0. The van der Waals surface area contributed by atoms with Crippen molar-refractivity contribution in [2.75, 3.05) is 0 Å². The van der Waals surface area contributed by atoms with Crippen LogP contribution in [-0.2, 0) is 12.8 Å². The quantitative estimate of drug-likeness (QED) is 0.773. The van der Waals surface area contributed by atoms with E-state index in [1.165, 1.54) is 22.2 Å². The highest BCUT2D eigenvalue weighted by Crippen LogP contribution is 2.28. The lowest BCUT2D eigenvalue weighted by molar-refractivity contribution is 0.233. The number of hydrogen-bond donors (Lipinski definition) is 3. The van der Waals surface area contributed by atoms with E-state index in [-0.39, 0.29) is 18.1 Å². The standard InChI is InChI=1S/C16H21N3O/c1-10(2)17-16(20)18-11-7-8-15-13(9-11)12-5-3-4-6-14(12)19-15/h3-6,10-11,19H,7-9H2,1-2H3,(H2,17,18,20). The zero-order valence-corrected chi connectivity index (χ0v) is 12.0. The second-order valence-electron chi connectivity index (χ2n) is 5.84. The number of carbonyl (C=O) groups is 1. The summed E-state index contributed by atoms with van der Waals surface area (Å²) in [6.07, 6.45) is 2.90. The smallest absolute Gasteiger partial charge is 0.315 e. The fourth-order valence-corrected chi connectivity index (χ4v) is 2.98. The van der Waals surface area contributed by atoms with Crippen LogP contribution in [0.15, 0.2) is 24.3 Å². The van der Waals surface area contributed by atoms with Gasteiger partial charge in [0.1, 0.15) is 0 Å². The molecule has 0 radical (unpaired) electrons. The second-order valence-corrected chi connectivity index (χ2v) is 5.84. The zero-order chi connectivity index (χ0) is 14.1. The molecule has 3 rings (SSSR count). The van der Waals surface area contributed by atoms with Crippen LogP contribution in [0.4, 0.5) is 4.79 Å². The van der Waals surface area contributed by atoms with E-state index >= 15 is 0 Å². The lowest BCUT2D eigenvalue weighted by Gasteiger charge is -2.24. The molecule has 0 saturated heterocycles. The van der Waals surface area contributed by atoms with E-state index in [9.17, 15) is 4.79 Å². The monoisotopic (exact) mass is 271 g/mol. The second kappa shape index (κ2) is 5.19. The fraction of sp³-hybridized carbons (Fsp3) is 0.438. The summed E-state index contributed by atoms with van der Waals surface area (Å²) in [5, 5.41) is 7.26. The van der Waals surface area contributed by atoms with Gasteiger partial charge in [0.2, 0.25) is 0 Å². The maximum atomic E-state index is 11.8. The molecule has 106 valence electrons. The average molecular weight is 271 g/mol. The molecular weight excluding hydrogens is 250 g/mol. The number of rotatable bonds is 2. The Hall–Kier alpha value is -1.97. The van der Waals surface area contributed by atoms with Crippen LogP contribution in [0.3, 0.4) is 0 Å². The minimum absolute atomic E-state index is 0.0618. The molecule has 2 amide bonds. The SMILES string of the molecule is CC(C)NC(=O)NC1CCc2[nH]c3ccccc3c2C1. The summed E-state index contributed by atoms with van der Waals surface area (Å²) in [5.41, 5.74) is 3.89. The van der Waals surface area contributed by atoms with Gasteiger partial charge in [-0.2, -0.15) is 0 Å². The molecule has 1 unspecified atom stereocenters. The Balaban J connectivity index is 1.76. The van der Waals surface area contributed by atoms with Crippen molar-refractivity contribution in [1.82, 2.24) is 15.6 Å². The van der Waals surface area contributed by atoms with Crippen LogP contribution in [0.25, 0.3) is 10.9 Å². The zero-order valence-electron chi connectivity index (χ0n) is 12.0. The van der Waals surface area contributed by atoms with Gasteiger partial charge in [0, 0.05) is 28.7 Å². The van der Waals surface area contributed by atoms with Crippen LogP contribution in [0.1, 0.15) is 31.5 Å². The Morgan fingerprint density at radius 1 is 1.35 bits per heavy atom. The number of aromatic amines is 1. The number of H-pyrrole nitrogens is 1. The molecule has 0 aliphatic heterocycles. The number of aromatic nitrogens is 1. The van der Waals surface area contributed by atoms with E-state index in [1.807, 2.05) is 13.8 Å². The highest BCUT2D eigenvalue weighted by molar-refractivity contribution is 5.85. The number of benzene rings is 1. The normalized spacial score (nSPS) is 18.1. The molecule has 1 aromatic heterocycles. The van der Waals surface area contributed by atoms with Crippen molar-refractivity contribution < 1.29 is 4.79 Å². The van der Waals surface area contributed by atoms with Gasteiger partial charge < -0.3 is 15.6 Å². The van der Waals surface area contributed by atoms with Gasteiger partial charge in [-0.3, -0.25) is 0 Å². The number of hydrogen-bond acceptors (Lipinski definition) is 1. The molecule has 20 heavy (non-hydrogen) atoms. The predicted octanol–water partition coefficient (Wildman–Crippen LogP) is 2.73. The fourth-order valence-electron chi connectivity index (χ4n) is 2.98. The van der Waals surface area contributed by atoms with Gasteiger partial charge in [0.15, 0.2) is 0 Å². The van der Waals surface area contributed by atoms with E-state index in [4.69, 9.17) is 0 Å². The van der Waals surface area contributed by atoms with Crippen LogP contribution in [-0.4, -0.2) is 23.1 Å². The molecule has 1 aromatic carbocycles. The first-order valence-electron chi connectivity index (χ1n) is 7.29. The third-order valence-electron chi connectivity index (χ3n) is 3.85. The van der Waals surface area contributed by atoms with Crippen molar-refractivity contribution in [1.29, 1.82) is 0 Å². The first-order valence-corrected chi connectivity index (χ1v) is 7.29. The van der Waals surface area contributed by atoms with E-state index in [0.717, 1.165) is 19.3 Å². The summed E-state index contributed by atoms with van der Waals surface area (Å²) < 4.78 is 0. The molecular formula is C16H21N3O. The van der Waals surface area contributed by atoms with Crippen molar-refractivity contribution in [3.05, 3.63) is 35.5 Å². The number of aryl methyl sites for hydroxylation is 1. The number of fused-ring (bicyclic) bond motifs is 3. The number of carbonyl (C=O) groups excluding carboxylic acids is 1. The van der Waals surface area contributed by atoms with Crippen molar-refractivity contribution in [2.24, 2.45) is 0 Å². The summed E-state index contributed by atoms with van der Waals surface area (Å²) in [6.45, 7) is 3.94. The molecule has 4 nitrogen and oxygen atoms in total. The van der Waals surface area contributed by atoms with Crippen LogP contribution < -0.4 is 10.6 Å². The molecule has 0 bridgehead atoms. The maximum absolute atomic E-state index is 11.8. The minimum Gasteiger partial charge on any atom is -0.358 e. The Labute approximate surface area is 118 Å². The number of para-hydroxylation sites is 1. The number of urea groups is 1. The van der Waals surface area contributed by atoms with Gasteiger partial charge in [-0.05, 0) is 44.7 Å². The molecule has 0 saturated carbocycles. The van der Waals surface area contributed by atoms with Gasteiger partial charge in [-0.15, -0.1) is 0 Å². The maximum Gasteiger partial charge on any atom is 0.315 e. The lowest BCUT2D eigenvalue weighted by Crippen LogP contribution is -2.46. The van der Waals surface area contributed by atoms with Crippen LogP contribution in [0, 0.1) is 0 Å². The summed E-state index contributed by atoms with van der Waals surface area (Å²) in [6, 6.07) is 8.72. The van der Waals surface area contributed by atoms with Gasteiger partial charge in [0.05, 0.1) is 0 Å². The Morgan fingerprint density at radius 3 is 2.95 bits per heavy atom. The first kappa shape index (κ1) is 13.0. The molecule has 1 heterocycles. The number of amides is 2. The topological polar surface area (TPSA) is 56.9 Å². The minimum atomic E-state index is -0.0618. The molecule has 0 spiro atoms. The molecule has 1 aliphatic rings. The Kier molecular flexibility index (Phi) is 3.38. The third-order valence-corrected chi connectivity index (χ3v) is 3.85. The molecule has 1 atom stereocenters. The Bertz CT molecular complexity index is 630. The average Bonchev–Trinajstić information content (AvgIpc) is 2.76. The highest BCUT2D eigenvalue weighted by atomic mass is 16.2. The Morgan fingerprint density at radius 2 is 2.15 bits per heavy atom. The van der Waals surface area contributed by atoms with Crippen molar-refractivity contribution in [2.45, 2.75) is 45.2 Å². The predicted molar refractivity (Wildman–Crippen MR) is 80.9 cm³/mol. The largest absolute Gasteiger partial charge is 0.358 e. The summed E-state index contributed by atoms with van der Waals surface area (Å²) in [7, 11) is 0. The summed E-state index contributed by atoms with van der Waals surface area (Å²) in [4.78, 5) is 15.3. The van der Waals surface area contributed by atoms with Crippen molar-refractivity contribution in [3.8, 4) is 0 Å². The van der Waals surface area contributed by atoms with Crippen LogP contribution in [0.5, 0.6) is 0 Å². The van der Waals surface area contributed by atoms with E-state index in [2.05, 4.69) is 39.9 Å². The van der Waals surface area contributed by atoms with Crippen LogP contribution in [0.2, 0.25) is 0 Å². The van der Waals surface area contributed by atoms with Gasteiger partial charge in [-0.1, -0.05) is 18.2 Å². The molecule has 1 aliphatic carbocycles. The molecule has 3 N–H and O–H groups in total. The molecule has 4 heteroatoms. The van der Waals surface area contributed by atoms with Gasteiger partial charge >= 0.3 is 6.03 Å². The van der Waals surface area contributed by atoms with Gasteiger partial charge in [0.25, 0.3) is 0 Å². The van der Waals surface area contributed by atoms with E-state index in [0.29, 0.717) is 0 Å². The van der Waals surface area contributed by atoms with E-state index in [1.54, 1.807) is 0 Å². The van der Waals surface area contributed by atoms with Crippen molar-refractivity contribution in [3.63, 3.8) is 0 Å². The van der Waals surface area contributed by atoms with Crippen molar-refractivity contribution >= 4 is 16.9 Å². The molecule has 0 fully saturated rings. The van der Waals surface area contributed by atoms with Crippen LogP contribution >= 0.6 is 0 Å². The lowest BCUT2D eigenvalue weighted by atomic mass is 9.91. The van der Waals surface area contributed by atoms with E-state index < -0.39 is 0 Å². The summed E-state index contributed by atoms with van der Waals surface area (Å²) >= 11 is 0.